The van der Waals surface area contributed by atoms with E-state index in [2.05, 4.69) is 10.0 Å². The number of rotatable bonds is 7. The van der Waals surface area contributed by atoms with Crippen LogP contribution in [0.1, 0.15) is 36.2 Å². The zero-order valence-electron chi connectivity index (χ0n) is 14.3. The second kappa shape index (κ2) is 8.48. The molecule has 0 fully saturated rings. The molecule has 0 aliphatic carbocycles. The van der Waals surface area contributed by atoms with Gasteiger partial charge >= 0.3 is 0 Å². The average molecular weight is 358 g/mol. The van der Waals surface area contributed by atoms with Gasteiger partial charge in [-0.25, -0.2) is 8.42 Å². The molecule has 0 saturated carbocycles. The van der Waals surface area contributed by atoms with E-state index in [1.54, 1.807) is 36.4 Å². The van der Waals surface area contributed by atoms with Gasteiger partial charge in [-0.2, -0.15) is 0 Å². The Hall–Kier alpha value is -2.60. The van der Waals surface area contributed by atoms with E-state index in [1.165, 1.54) is 6.08 Å². The summed E-state index contributed by atoms with van der Waals surface area (Å²) in [4.78, 5) is 12.3. The van der Waals surface area contributed by atoms with Crippen LogP contribution in [0.25, 0.3) is 6.08 Å². The van der Waals surface area contributed by atoms with Gasteiger partial charge in [0.25, 0.3) is 15.9 Å². The van der Waals surface area contributed by atoms with Crippen molar-refractivity contribution >= 4 is 27.7 Å². The molecule has 0 bridgehead atoms. The highest BCUT2D eigenvalue weighted by Crippen LogP contribution is 2.18. The van der Waals surface area contributed by atoms with Gasteiger partial charge < -0.3 is 5.32 Å². The van der Waals surface area contributed by atoms with Gasteiger partial charge in [0, 0.05) is 6.04 Å². The van der Waals surface area contributed by atoms with Crippen LogP contribution < -0.4 is 10.0 Å². The lowest BCUT2D eigenvalue weighted by Crippen LogP contribution is -2.32. The first-order chi connectivity index (χ1) is 11.9. The van der Waals surface area contributed by atoms with Crippen molar-refractivity contribution < 1.29 is 13.2 Å². The predicted molar refractivity (Wildman–Crippen MR) is 102 cm³/mol. The van der Waals surface area contributed by atoms with Crippen molar-refractivity contribution in [1.29, 1.82) is 0 Å². The molecule has 0 aromatic heterocycles. The lowest BCUT2D eigenvalue weighted by molar-refractivity contribution is 0.0940. The minimum absolute atomic E-state index is 0.00939. The molecule has 2 aromatic rings. The third-order valence-corrected chi connectivity index (χ3v) is 4.65. The summed E-state index contributed by atoms with van der Waals surface area (Å²) in [6.45, 7) is 3.86. The van der Waals surface area contributed by atoms with Crippen LogP contribution in [0.2, 0.25) is 0 Å². The van der Waals surface area contributed by atoms with Gasteiger partial charge in [-0.05, 0) is 37.1 Å². The zero-order chi connectivity index (χ0) is 18.3. The van der Waals surface area contributed by atoms with Crippen molar-refractivity contribution in [3.63, 3.8) is 0 Å². The Kier molecular flexibility index (Phi) is 6.36. The Morgan fingerprint density at radius 2 is 1.72 bits per heavy atom. The Labute approximate surface area is 148 Å². The van der Waals surface area contributed by atoms with Crippen molar-refractivity contribution in [2.24, 2.45) is 0 Å². The standard InChI is InChI=1S/C19H22N2O3S/c1-3-15(2)20-19(22)17-11-7-8-12-18(17)21-25(23,24)14-13-16-9-5-4-6-10-16/h4-15,21H,3H2,1-2H3,(H,20,22)/b14-13+/t15-/m1/s1. The third-order valence-electron chi connectivity index (χ3n) is 3.65. The topological polar surface area (TPSA) is 75.3 Å². The Morgan fingerprint density at radius 3 is 2.40 bits per heavy atom. The Balaban J connectivity index is 2.19. The van der Waals surface area contributed by atoms with E-state index in [9.17, 15) is 13.2 Å². The molecule has 0 heterocycles. The zero-order valence-corrected chi connectivity index (χ0v) is 15.1. The second-order valence-corrected chi connectivity index (χ2v) is 7.26. The molecule has 0 saturated heterocycles. The SMILES string of the molecule is CC[C@@H](C)NC(=O)c1ccccc1NS(=O)(=O)/C=C/c1ccccc1. The van der Waals surface area contributed by atoms with Gasteiger partial charge in [-0.15, -0.1) is 0 Å². The number of para-hydroxylation sites is 1. The number of sulfonamides is 1. The van der Waals surface area contributed by atoms with Crippen molar-refractivity contribution in [3.05, 3.63) is 71.1 Å². The van der Waals surface area contributed by atoms with Crippen LogP contribution in [0.3, 0.4) is 0 Å². The summed E-state index contributed by atoms with van der Waals surface area (Å²) < 4.78 is 27.0. The van der Waals surface area contributed by atoms with Crippen LogP contribution in [0.4, 0.5) is 5.69 Å². The van der Waals surface area contributed by atoms with Crippen molar-refractivity contribution in [3.8, 4) is 0 Å². The van der Waals surface area contributed by atoms with Crippen LogP contribution in [0, 0.1) is 0 Å². The van der Waals surface area contributed by atoms with Gasteiger partial charge in [0.2, 0.25) is 0 Å². The molecule has 0 aliphatic heterocycles. The quantitative estimate of drug-likeness (QED) is 0.794. The van der Waals surface area contributed by atoms with E-state index >= 15 is 0 Å². The van der Waals surface area contributed by atoms with Crippen LogP contribution in [0.15, 0.2) is 60.0 Å². The summed E-state index contributed by atoms with van der Waals surface area (Å²) in [7, 11) is -3.73. The molecule has 2 rings (SSSR count). The van der Waals surface area contributed by atoms with E-state index < -0.39 is 10.0 Å². The molecule has 1 atom stereocenters. The maximum atomic E-state index is 12.3. The summed E-state index contributed by atoms with van der Waals surface area (Å²) in [5.41, 5.74) is 1.32. The molecular weight excluding hydrogens is 336 g/mol. The Morgan fingerprint density at radius 1 is 1.08 bits per heavy atom. The van der Waals surface area contributed by atoms with Gasteiger partial charge in [-0.1, -0.05) is 49.4 Å². The highest BCUT2D eigenvalue weighted by molar-refractivity contribution is 7.95. The van der Waals surface area contributed by atoms with E-state index in [1.807, 2.05) is 32.0 Å². The van der Waals surface area contributed by atoms with Crippen LogP contribution in [-0.4, -0.2) is 20.4 Å². The number of nitrogens with one attached hydrogen (secondary N) is 2. The molecule has 5 nitrogen and oxygen atoms in total. The highest BCUT2D eigenvalue weighted by atomic mass is 32.2. The largest absolute Gasteiger partial charge is 0.350 e. The maximum Gasteiger partial charge on any atom is 0.255 e. The van der Waals surface area contributed by atoms with Crippen LogP contribution >= 0.6 is 0 Å². The molecule has 25 heavy (non-hydrogen) atoms. The summed E-state index contributed by atoms with van der Waals surface area (Å²) in [5, 5.41) is 3.93. The van der Waals surface area contributed by atoms with Crippen LogP contribution in [0.5, 0.6) is 0 Å². The lowest BCUT2D eigenvalue weighted by atomic mass is 10.1. The summed E-state index contributed by atoms with van der Waals surface area (Å²) in [6, 6.07) is 15.7. The summed E-state index contributed by atoms with van der Waals surface area (Å²) >= 11 is 0. The molecule has 0 unspecified atom stereocenters. The van der Waals surface area contributed by atoms with E-state index in [0.717, 1.165) is 17.4 Å². The fourth-order valence-corrected chi connectivity index (χ4v) is 2.98. The van der Waals surface area contributed by atoms with Gasteiger partial charge in [0.05, 0.1) is 16.7 Å². The minimum Gasteiger partial charge on any atom is -0.350 e. The molecule has 1 amide bonds. The first-order valence-corrected chi connectivity index (χ1v) is 9.62. The number of anilines is 1. The van der Waals surface area contributed by atoms with Gasteiger partial charge in [0.1, 0.15) is 0 Å². The van der Waals surface area contributed by atoms with E-state index in [4.69, 9.17) is 0 Å². The normalized spacial score (nSPS) is 12.7. The number of hydrogen-bond donors (Lipinski definition) is 2. The van der Waals surface area contributed by atoms with Gasteiger partial charge in [-0.3, -0.25) is 9.52 Å². The molecule has 6 heteroatoms. The monoisotopic (exact) mass is 358 g/mol. The maximum absolute atomic E-state index is 12.3. The average Bonchev–Trinajstić information content (AvgIpc) is 2.61. The Bertz CT molecular complexity index is 846. The summed E-state index contributed by atoms with van der Waals surface area (Å²) in [6.07, 6.45) is 2.30. The van der Waals surface area contributed by atoms with Crippen molar-refractivity contribution in [1.82, 2.24) is 5.32 Å². The highest BCUT2D eigenvalue weighted by Gasteiger charge is 2.15. The molecule has 132 valence electrons. The molecule has 2 N–H and O–H groups in total. The minimum atomic E-state index is -3.73. The number of carbonyl (C=O) groups is 1. The first-order valence-electron chi connectivity index (χ1n) is 8.07. The number of amides is 1. The summed E-state index contributed by atoms with van der Waals surface area (Å²) in [5.74, 6) is -0.306. The van der Waals surface area contributed by atoms with E-state index in [0.29, 0.717) is 5.56 Å². The molecule has 0 spiro atoms. The predicted octanol–water partition coefficient (Wildman–Crippen LogP) is 3.63. The molecule has 2 aromatic carbocycles. The molecular formula is C19H22N2O3S. The number of carbonyl (C=O) groups excluding carboxylic acids is 1. The number of benzene rings is 2. The van der Waals surface area contributed by atoms with E-state index in [-0.39, 0.29) is 17.6 Å². The van der Waals surface area contributed by atoms with Crippen molar-refractivity contribution in [2.75, 3.05) is 4.72 Å². The number of hydrogen-bond acceptors (Lipinski definition) is 3. The molecule has 0 radical (unpaired) electrons. The third kappa shape index (κ3) is 5.76. The molecule has 0 aliphatic rings. The van der Waals surface area contributed by atoms with Gasteiger partial charge in [0.15, 0.2) is 0 Å². The first kappa shape index (κ1) is 18.7. The second-order valence-electron chi connectivity index (χ2n) is 5.69. The fourth-order valence-electron chi connectivity index (χ4n) is 2.09. The lowest BCUT2D eigenvalue weighted by Gasteiger charge is -2.14. The fraction of sp³-hybridized carbons (Fsp3) is 0.211. The smallest absolute Gasteiger partial charge is 0.255 e. The van der Waals surface area contributed by atoms with Crippen LogP contribution in [-0.2, 0) is 10.0 Å². The van der Waals surface area contributed by atoms with Crippen molar-refractivity contribution in [2.45, 2.75) is 26.3 Å².